The van der Waals surface area contributed by atoms with E-state index >= 15 is 0 Å². The fourth-order valence-electron chi connectivity index (χ4n) is 8.02. The molecule has 1 aliphatic heterocycles. The molecular weight excluding hydrogens is 743 g/mol. The Morgan fingerprint density at radius 1 is 0.576 bits per heavy atom. The van der Waals surface area contributed by atoms with Gasteiger partial charge < -0.3 is 40.3 Å². The van der Waals surface area contributed by atoms with Crippen LogP contribution >= 0.6 is 0 Å². The van der Waals surface area contributed by atoms with Crippen molar-refractivity contribution in [2.75, 3.05) is 13.2 Å². The van der Waals surface area contributed by atoms with E-state index in [4.69, 9.17) is 9.47 Å². The fraction of sp³-hybridized carbons (Fsp3) is 0.900. The van der Waals surface area contributed by atoms with Crippen LogP contribution in [0.1, 0.15) is 232 Å². The SMILES string of the molecule is CCCCCC/C=C\C/C=C\CCCCCCCC(=O)NC(COC1OC(CO)C(O)C(O)C1O)C(O)CCCCCCCCCCCCCCCCCCCCCC. The van der Waals surface area contributed by atoms with Crippen LogP contribution in [-0.2, 0) is 14.3 Å². The zero-order chi connectivity index (χ0) is 43.0. The van der Waals surface area contributed by atoms with Crippen LogP contribution in [0.4, 0.5) is 0 Å². The van der Waals surface area contributed by atoms with Crippen molar-refractivity contribution in [3.05, 3.63) is 24.3 Å². The molecule has 1 amide bonds. The molecule has 9 nitrogen and oxygen atoms in total. The van der Waals surface area contributed by atoms with Gasteiger partial charge in [-0.15, -0.1) is 0 Å². The number of hydrogen-bond donors (Lipinski definition) is 6. The van der Waals surface area contributed by atoms with Crippen LogP contribution in [0, 0.1) is 0 Å². The summed E-state index contributed by atoms with van der Waals surface area (Å²) in [6.45, 7) is 3.82. The number of allylic oxidation sites excluding steroid dienone is 4. The lowest BCUT2D eigenvalue weighted by Crippen LogP contribution is -2.60. The number of carbonyl (C=O) groups excluding carboxylic acids is 1. The minimum Gasteiger partial charge on any atom is -0.394 e. The highest BCUT2D eigenvalue weighted by Gasteiger charge is 2.44. The zero-order valence-electron chi connectivity index (χ0n) is 38.3. The van der Waals surface area contributed by atoms with Gasteiger partial charge in [0, 0.05) is 6.42 Å². The van der Waals surface area contributed by atoms with Crippen LogP contribution in [0.25, 0.3) is 0 Å². The van der Waals surface area contributed by atoms with Crippen molar-refractivity contribution >= 4 is 5.91 Å². The summed E-state index contributed by atoms with van der Waals surface area (Å²) in [6.07, 6.45) is 41.8. The monoisotopic (exact) mass is 838 g/mol. The normalized spacial score (nSPS) is 20.8. The van der Waals surface area contributed by atoms with E-state index in [2.05, 4.69) is 43.5 Å². The van der Waals surface area contributed by atoms with Gasteiger partial charge in [-0.1, -0.05) is 205 Å². The van der Waals surface area contributed by atoms with Gasteiger partial charge in [0.1, 0.15) is 24.4 Å². The minimum atomic E-state index is -1.55. The molecule has 59 heavy (non-hydrogen) atoms. The first-order chi connectivity index (χ1) is 28.8. The number of hydrogen-bond acceptors (Lipinski definition) is 8. The van der Waals surface area contributed by atoms with E-state index in [-0.39, 0.29) is 12.5 Å². The number of ether oxygens (including phenoxy) is 2. The average Bonchev–Trinajstić information content (AvgIpc) is 3.23. The van der Waals surface area contributed by atoms with Gasteiger partial charge in [-0.2, -0.15) is 0 Å². The van der Waals surface area contributed by atoms with Crippen molar-refractivity contribution in [2.24, 2.45) is 0 Å². The number of carbonyl (C=O) groups is 1. The summed E-state index contributed by atoms with van der Waals surface area (Å²) in [5.74, 6) is -0.156. The Labute approximate surface area is 362 Å². The first-order valence-electron chi connectivity index (χ1n) is 25.0. The van der Waals surface area contributed by atoms with Crippen LogP contribution in [0.15, 0.2) is 24.3 Å². The van der Waals surface area contributed by atoms with E-state index in [1.807, 2.05) is 0 Å². The Hall–Kier alpha value is -1.33. The van der Waals surface area contributed by atoms with Crippen molar-refractivity contribution in [3.8, 4) is 0 Å². The van der Waals surface area contributed by atoms with Crippen LogP contribution in [0.5, 0.6) is 0 Å². The molecule has 0 bridgehead atoms. The smallest absolute Gasteiger partial charge is 0.220 e. The molecule has 0 aromatic rings. The summed E-state index contributed by atoms with van der Waals surface area (Å²) in [6, 6.07) is -0.724. The summed E-state index contributed by atoms with van der Waals surface area (Å²) in [5, 5.41) is 54.5. The first-order valence-corrected chi connectivity index (χ1v) is 25.0. The van der Waals surface area contributed by atoms with E-state index in [1.165, 1.54) is 141 Å². The highest BCUT2D eigenvalue weighted by molar-refractivity contribution is 5.76. The lowest BCUT2D eigenvalue weighted by molar-refractivity contribution is -0.302. The summed E-state index contributed by atoms with van der Waals surface area (Å²) in [5.41, 5.74) is 0. The molecule has 0 radical (unpaired) electrons. The van der Waals surface area contributed by atoms with E-state index in [0.717, 1.165) is 64.2 Å². The van der Waals surface area contributed by atoms with Crippen LogP contribution < -0.4 is 5.32 Å². The number of nitrogens with one attached hydrogen (secondary N) is 1. The van der Waals surface area contributed by atoms with Crippen LogP contribution in [-0.4, -0.2) is 87.5 Å². The van der Waals surface area contributed by atoms with Crippen molar-refractivity contribution in [1.29, 1.82) is 0 Å². The number of aliphatic hydroxyl groups is 5. The molecule has 7 unspecified atom stereocenters. The van der Waals surface area contributed by atoms with E-state index < -0.39 is 49.5 Å². The molecule has 1 heterocycles. The maximum atomic E-state index is 13.0. The molecule has 9 heteroatoms. The Morgan fingerprint density at radius 2 is 1.00 bits per heavy atom. The first kappa shape index (κ1) is 55.7. The summed E-state index contributed by atoms with van der Waals surface area (Å²) in [7, 11) is 0. The molecule has 1 saturated heterocycles. The molecule has 0 aromatic carbocycles. The maximum Gasteiger partial charge on any atom is 0.220 e. The van der Waals surface area contributed by atoms with Crippen LogP contribution in [0.2, 0.25) is 0 Å². The third-order valence-electron chi connectivity index (χ3n) is 12.1. The van der Waals surface area contributed by atoms with Gasteiger partial charge in [0.05, 0.1) is 25.4 Å². The van der Waals surface area contributed by atoms with E-state index in [0.29, 0.717) is 12.8 Å². The van der Waals surface area contributed by atoms with Crippen molar-refractivity contribution in [1.82, 2.24) is 5.32 Å². The number of rotatable bonds is 42. The third kappa shape index (κ3) is 31.2. The standard InChI is InChI=1S/C50H95NO8/c1-3-5-7-9-11-13-15-17-19-21-22-23-24-25-27-29-31-33-35-37-39-44(53)43(42-58-50-49(57)48(56)47(55)45(41-52)59-50)51-46(54)40-38-36-34-32-30-28-26-20-18-16-14-12-10-8-6-4-2/h14,16,20,26,43-45,47-50,52-53,55-57H,3-13,15,17-19,21-25,27-42H2,1-2H3,(H,51,54)/b16-14-,26-20-. The van der Waals surface area contributed by atoms with Gasteiger partial charge in [-0.25, -0.2) is 0 Å². The quantitative estimate of drug-likeness (QED) is 0.0263. The largest absolute Gasteiger partial charge is 0.394 e. The maximum absolute atomic E-state index is 13.0. The molecule has 7 atom stereocenters. The van der Waals surface area contributed by atoms with E-state index in [1.54, 1.807) is 0 Å². The average molecular weight is 838 g/mol. The third-order valence-corrected chi connectivity index (χ3v) is 12.1. The number of aliphatic hydroxyl groups excluding tert-OH is 5. The zero-order valence-corrected chi connectivity index (χ0v) is 38.3. The minimum absolute atomic E-state index is 0.142. The second-order valence-corrected chi connectivity index (χ2v) is 17.6. The molecule has 1 rings (SSSR count). The summed E-state index contributed by atoms with van der Waals surface area (Å²) < 4.78 is 11.3. The lowest BCUT2D eigenvalue weighted by atomic mass is 9.99. The van der Waals surface area contributed by atoms with Crippen LogP contribution in [0.3, 0.4) is 0 Å². The molecular formula is C50H95NO8. The molecule has 0 aliphatic carbocycles. The highest BCUT2D eigenvalue weighted by atomic mass is 16.7. The molecule has 1 fully saturated rings. The fourth-order valence-corrected chi connectivity index (χ4v) is 8.02. The van der Waals surface area contributed by atoms with Gasteiger partial charge in [0.25, 0.3) is 0 Å². The Morgan fingerprint density at radius 3 is 1.47 bits per heavy atom. The van der Waals surface area contributed by atoms with Gasteiger partial charge in [-0.05, 0) is 44.9 Å². The topological polar surface area (TPSA) is 149 Å². The Balaban J connectivity index is 2.29. The van der Waals surface area contributed by atoms with Crippen molar-refractivity contribution < 1.29 is 39.8 Å². The van der Waals surface area contributed by atoms with Gasteiger partial charge in [0.15, 0.2) is 6.29 Å². The van der Waals surface area contributed by atoms with Gasteiger partial charge in [-0.3, -0.25) is 4.79 Å². The predicted octanol–water partition coefficient (Wildman–Crippen LogP) is 11.1. The van der Waals surface area contributed by atoms with Crippen molar-refractivity contribution in [2.45, 2.75) is 275 Å². The molecule has 0 saturated carbocycles. The molecule has 6 N–H and O–H groups in total. The second kappa shape index (κ2) is 40.7. The second-order valence-electron chi connectivity index (χ2n) is 17.6. The highest BCUT2D eigenvalue weighted by Crippen LogP contribution is 2.23. The number of unbranched alkanes of at least 4 members (excludes halogenated alkanes) is 28. The molecule has 0 aromatic heterocycles. The Bertz CT molecular complexity index is 977. The predicted molar refractivity (Wildman–Crippen MR) is 244 cm³/mol. The lowest BCUT2D eigenvalue weighted by Gasteiger charge is -2.40. The summed E-state index contributed by atoms with van der Waals surface area (Å²) >= 11 is 0. The molecule has 1 aliphatic rings. The Kier molecular flexibility index (Phi) is 38.4. The molecule has 348 valence electrons. The molecule has 0 spiro atoms. The van der Waals surface area contributed by atoms with Gasteiger partial charge in [0.2, 0.25) is 5.91 Å². The van der Waals surface area contributed by atoms with Crippen molar-refractivity contribution in [3.63, 3.8) is 0 Å². The van der Waals surface area contributed by atoms with E-state index in [9.17, 15) is 30.3 Å². The number of amides is 1. The summed E-state index contributed by atoms with van der Waals surface area (Å²) in [4.78, 5) is 13.0. The van der Waals surface area contributed by atoms with Gasteiger partial charge >= 0.3 is 0 Å².